The number of carbonyl (C=O) groups excluding carboxylic acids is 1. The van der Waals surface area contributed by atoms with Crippen LogP contribution in [0.4, 0.5) is 0 Å². The van der Waals surface area contributed by atoms with Crippen LogP contribution >= 0.6 is 0 Å². The zero-order chi connectivity index (χ0) is 13.6. The largest absolute Gasteiger partial charge is 0.494 e. The molecule has 1 aromatic carbocycles. The summed E-state index contributed by atoms with van der Waals surface area (Å²) in [5, 5.41) is 0. The van der Waals surface area contributed by atoms with Crippen molar-refractivity contribution < 1.29 is 23.7 Å². The first-order valence-electron chi connectivity index (χ1n) is 5.56. The van der Waals surface area contributed by atoms with Gasteiger partial charge in [-0.1, -0.05) is 0 Å². The highest BCUT2D eigenvalue weighted by atomic mass is 16.7. The summed E-state index contributed by atoms with van der Waals surface area (Å²) < 4.78 is 20.4. The van der Waals surface area contributed by atoms with Crippen molar-refractivity contribution in [3.63, 3.8) is 0 Å². The summed E-state index contributed by atoms with van der Waals surface area (Å²) in [6, 6.07) is 6.90. The molecule has 5 nitrogen and oxygen atoms in total. The van der Waals surface area contributed by atoms with Crippen LogP contribution in [0.15, 0.2) is 24.3 Å². The number of hydrogen-bond donors (Lipinski definition) is 0. The molecule has 0 aliphatic carbocycles. The normalized spacial score (nSPS) is 11.1. The fourth-order valence-corrected chi connectivity index (χ4v) is 1.68. The molecule has 1 rings (SSSR count). The first kappa shape index (κ1) is 14.5. The molecule has 0 spiro atoms. The second-order valence-electron chi connectivity index (χ2n) is 3.47. The molecule has 0 atom stereocenters. The first-order chi connectivity index (χ1) is 8.64. The summed E-state index contributed by atoms with van der Waals surface area (Å²) >= 11 is 0. The molecule has 18 heavy (non-hydrogen) atoms. The number of hydrogen-bond acceptors (Lipinski definition) is 5. The van der Waals surface area contributed by atoms with E-state index >= 15 is 0 Å². The highest BCUT2D eigenvalue weighted by molar-refractivity contribution is 5.79. The van der Waals surface area contributed by atoms with Crippen LogP contribution in [0.1, 0.15) is 12.5 Å². The Kier molecular flexibility index (Phi) is 5.12. The van der Waals surface area contributed by atoms with Crippen LogP contribution in [0.25, 0.3) is 0 Å². The van der Waals surface area contributed by atoms with Gasteiger partial charge < -0.3 is 18.9 Å². The fourth-order valence-electron chi connectivity index (χ4n) is 1.68. The maximum atomic E-state index is 11.8. The second kappa shape index (κ2) is 6.37. The summed E-state index contributed by atoms with van der Waals surface area (Å²) in [6.45, 7) is 2.48. The topological polar surface area (TPSA) is 54.0 Å². The van der Waals surface area contributed by atoms with Crippen LogP contribution in [-0.4, -0.2) is 33.9 Å². The Morgan fingerprint density at radius 1 is 1.11 bits per heavy atom. The number of rotatable bonds is 6. The molecule has 0 fully saturated rings. The average molecular weight is 254 g/mol. The predicted octanol–water partition coefficient (Wildman–Crippen LogP) is 1.70. The van der Waals surface area contributed by atoms with Crippen LogP contribution in [0.5, 0.6) is 5.75 Å². The minimum absolute atomic E-state index is 0.544. The third kappa shape index (κ3) is 2.63. The van der Waals surface area contributed by atoms with Gasteiger partial charge in [-0.05, 0) is 31.2 Å². The van der Waals surface area contributed by atoms with Crippen molar-refractivity contribution >= 4 is 5.97 Å². The van der Waals surface area contributed by atoms with Gasteiger partial charge in [0.25, 0.3) is 5.79 Å². The smallest absolute Gasteiger partial charge is 0.371 e. The van der Waals surface area contributed by atoms with Crippen molar-refractivity contribution in [3.8, 4) is 5.75 Å². The Balaban J connectivity index is 3.10. The molecule has 0 saturated carbocycles. The zero-order valence-electron chi connectivity index (χ0n) is 11.1. The number of methoxy groups -OCH3 is 3. The summed E-state index contributed by atoms with van der Waals surface area (Å²) in [5.74, 6) is -1.44. The molecule has 0 saturated heterocycles. The van der Waals surface area contributed by atoms with Gasteiger partial charge in [-0.25, -0.2) is 4.79 Å². The lowest BCUT2D eigenvalue weighted by molar-refractivity contribution is -0.233. The van der Waals surface area contributed by atoms with E-state index in [4.69, 9.17) is 18.9 Å². The SMILES string of the molecule is CCOc1ccc(C(OC)(OC)C(=O)OC)cc1. The molecule has 5 heteroatoms. The Morgan fingerprint density at radius 2 is 1.67 bits per heavy atom. The van der Waals surface area contributed by atoms with Crippen molar-refractivity contribution in [1.82, 2.24) is 0 Å². The average Bonchev–Trinajstić information content (AvgIpc) is 2.42. The van der Waals surface area contributed by atoms with Crippen LogP contribution in [0.2, 0.25) is 0 Å². The van der Waals surface area contributed by atoms with Crippen LogP contribution in [-0.2, 0) is 24.8 Å². The molecule has 0 bridgehead atoms. The Morgan fingerprint density at radius 3 is 2.06 bits per heavy atom. The van der Waals surface area contributed by atoms with Crippen molar-refractivity contribution in [2.45, 2.75) is 12.7 Å². The predicted molar refractivity (Wildman–Crippen MR) is 65.3 cm³/mol. The monoisotopic (exact) mass is 254 g/mol. The number of benzene rings is 1. The minimum atomic E-state index is -1.54. The zero-order valence-corrected chi connectivity index (χ0v) is 11.1. The Labute approximate surface area is 107 Å². The van der Waals surface area contributed by atoms with E-state index in [0.717, 1.165) is 0 Å². The van der Waals surface area contributed by atoms with Gasteiger partial charge in [-0.2, -0.15) is 0 Å². The Bertz CT molecular complexity index is 381. The number of esters is 1. The summed E-state index contributed by atoms with van der Waals surface area (Å²) in [4.78, 5) is 11.8. The number of ether oxygens (including phenoxy) is 4. The molecule has 0 aromatic heterocycles. The van der Waals surface area contributed by atoms with Crippen molar-refractivity contribution in [2.24, 2.45) is 0 Å². The minimum Gasteiger partial charge on any atom is -0.494 e. The van der Waals surface area contributed by atoms with Gasteiger partial charge in [-0.3, -0.25) is 0 Å². The highest BCUT2D eigenvalue weighted by Gasteiger charge is 2.42. The molecule has 1 aromatic rings. The lowest BCUT2D eigenvalue weighted by atomic mass is 10.1. The summed E-state index contributed by atoms with van der Waals surface area (Å²) in [6.07, 6.45) is 0. The quantitative estimate of drug-likeness (QED) is 0.571. The molecule has 0 heterocycles. The number of carbonyl (C=O) groups is 1. The third-order valence-electron chi connectivity index (χ3n) is 2.57. The van der Waals surface area contributed by atoms with E-state index in [2.05, 4.69) is 0 Å². The van der Waals surface area contributed by atoms with Crippen LogP contribution in [0.3, 0.4) is 0 Å². The van der Waals surface area contributed by atoms with Gasteiger partial charge >= 0.3 is 5.97 Å². The van der Waals surface area contributed by atoms with Crippen LogP contribution in [0, 0.1) is 0 Å². The molecular weight excluding hydrogens is 236 g/mol. The molecule has 100 valence electrons. The molecule has 0 N–H and O–H groups in total. The molecule has 0 unspecified atom stereocenters. The molecular formula is C13H18O5. The van der Waals surface area contributed by atoms with E-state index in [1.165, 1.54) is 21.3 Å². The van der Waals surface area contributed by atoms with E-state index in [1.807, 2.05) is 6.92 Å². The highest BCUT2D eigenvalue weighted by Crippen LogP contribution is 2.29. The summed E-state index contributed by atoms with van der Waals surface area (Å²) in [7, 11) is 4.05. The molecule has 0 amide bonds. The molecule has 0 aliphatic rings. The van der Waals surface area contributed by atoms with Gasteiger partial charge in [0.2, 0.25) is 0 Å². The van der Waals surface area contributed by atoms with Gasteiger partial charge in [-0.15, -0.1) is 0 Å². The van der Waals surface area contributed by atoms with E-state index in [-0.39, 0.29) is 0 Å². The van der Waals surface area contributed by atoms with Crippen molar-refractivity contribution in [1.29, 1.82) is 0 Å². The van der Waals surface area contributed by atoms with Gasteiger partial charge in [0.15, 0.2) is 0 Å². The van der Waals surface area contributed by atoms with E-state index in [0.29, 0.717) is 17.9 Å². The maximum Gasteiger partial charge on any atom is 0.371 e. The van der Waals surface area contributed by atoms with Crippen molar-refractivity contribution in [2.75, 3.05) is 27.9 Å². The van der Waals surface area contributed by atoms with E-state index in [9.17, 15) is 4.79 Å². The van der Waals surface area contributed by atoms with Crippen LogP contribution < -0.4 is 4.74 Å². The Hall–Kier alpha value is -1.59. The lowest BCUT2D eigenvalue weighted by Gasteiger charge is -2.28. The van der Waals surface area contributed by atoms with E-state index < -0.39 is 11.8 Å². The molecule has 0 radical (unpaired) electrons. The summed E-state index contributed by atoms with van der Waals surface area (Å²) in [5.41, 5.74) is 0.544. The molecule has 0 aliphatic heterocycles. The van der Waals surface area contributed by atoms with Crippen molar-refractivity contribution in [3.05, 3.63) is 29.8 Å². The van der Waals surface area contributed by atoms with Gasteiger partial charge in [0.05, 0.1) is 13.7 Å². The lowest BCUT2D eigenvalue weighted by Crippen LogP contribution is -2.40. The van der Waals surface area contributed by atoms with Gasteiger partial charge in [0, 0.05) is 19.8 Å². The second-order valence-corrected chi connectivity index (χ2v) is 3.47. The maximum absolute atomic E-state index is 11.8. The van der Waals surface area contributed by atoms with E-state index in [1.54, 1.807) is 24.3 Å². The third-order valence-corrected chi connectivity index (χ3v) is 2.57. The fraction of sp³-hybridized carbons (Fsp3) is 0.462. The standard InChI is InChI=1S/C13H18O5/c1-5-18-11-8-6-10(7-9-11)13(16-3,17-4)12(14)15-2/h6-9H,5H2,1-4H3. The van der Waals surface area contributed by atoms with Gasteiger partial charge in [0.1, 0.15) is 5.75 Å². The first-order valence-corrected chi connectivity index (χ1v) is 5.56.